The normalized spacial score (nSPS) is 36.7. The van der Waals surface area contributed by atoms with E-state index in [4.69, 9.17) is 0 Å². The summed E-state index contributed by atoms with van der Waals surface area (Å²) in [5.41, 5.74) is 0. The summed E-state index contributed by atoms with van der Waals surface area (Å²) in [5, 5.41) is 3.35. The van der Waals surface area contributed by atoms with Gasteiger partial charge < -0.3 is 5.32 Å². The molecule has 0 bridgehead atoms. The Morgan fingerprint density at radius 3 is 2.44 bits per heavy atom. The smallest absolute Gasteiger partial charge is 0.00896 e. The van der Waals surface area contributed by atoms with Crippen molar-refractivity contribution in [1.82, 2.24) is 5.32 Å². The average Bonchev–Trinajstić information content (AvgIpc) is 1.89. The van der Waals surface area contributed by atoms with E-state index >= 15 is 0 Å². The maximum absolute atomic E-state index is 3.35. The maximum atomic E-state index is 3.35. The van der Waals surface area contributed by atoms with Crippen molar-refractivity contribution in [2.75, 3.05) is 7.05 Å². The van der Waals surface area contributed by atoms with Crippen molar-refractivity contribution in [3.8, 4) is 0 Å². The second-order valence-electron chi connectivity index (χ2n) is 3.16. The SMILES string of the molecule is CN[C@@H]1CCCCC1C.[HH]. The Morgan fingerprint density at radius 1 is 1.33 bits per heavy atom. The topological polar surface area (TPSA) is 12.0 Å². The molecule has 9 heavy (non-hydrogen) atoms. The molecule has 0 aromatic heterocycles. The lowest BCUT2D eigenvalue weighted by Crippen LogP contribution is -2.34. The summed E-state index contributed by atoms with van der Waals surface area (Å²) < 4.78 is 0. The molecule has 1 N–H and O–H groups in total. The molecular weight excluding hydrogens is 110 g/mol. The van der Waals surface area contributed by atoms with E-state index in [-0.39, 0.29) is 1.43 Å². The van der Waals surface area contributed by atoms with Gasteiger partial charge in [-0.2, -0.15) is 0 Å². The zero-order valence-corrected chi connectivity index (χ0v) is 6.48. The largest absolute Gasteiger partial charge is 0.317 e. The first-order valence-corrected chi connectivity index (χ1v) is 4.02. The zero-order valence-electron chi connectivity index (χ0n) is 6.48. The summed E-state index contributed by atoms with van der Waals surface area (Å²) in [6.45, 7) is 2.35. The maximum Gasteiger partial charge on any atom is 0.00896 e. The summed E-state index contributed by atoms with van der Waals surface area (Å²) in [5.74, 6) is 0.906. The van der Waals surface area contributed by atoms with Crippen LogP contribution in [0, 0.1) is 5.92 Å². The van der Waals surface area contributed by atoms with Gasteiger partial charge in [-0.15, -0.1) is 0 Å². The number of nitrogens with one attached hydrogen (secondary N) is 1. The minimum Gasteiger partial charge on any atom is -0.317 e. The van der Waals surface area contributed by atoms with Crippen molar-refractivity contribution in [2.45, 2.75) is 38.6 Å². The van der Waals surface area contributed by atoms with Crippen LogP contribution < -0.4 is 5.32 Å². The fourth-order valence-corrected chi connectivity index (χ4v) is 1.75. The Hall–Kier alpha value is -0.0400. The van der Waals surface area contributed by atoms with Gasteiger partial charge in [0.25, 0.3) is 0 Å². The van der Waals surface area contributed by atoms with Gasteiger partial charge in [0.15, 0.2) is 0 Å². The molecule has 1 unspecified atom stereocenters. The number of hydrogen-bond acceptors (Lipinski definition) is 1. The highest BCUT2D eigenvalue weighted by molar-refractivity contribution is 4.75. The van der Waals surface area contributed by atoms with E-state index in [0.717, 1.165) is 12.0 Å². The molecule has 1 nitrogen and oxygen atoms in total. The lowest BCUT2D eigenvalue weighted by molar-refractivity contribution is 0.294. The van der Waals surface area contributed by atoms with Crippen LogP contribution >= 0.6 is 0 Å². The highest BCUT2D eigenvalue weighted by Gasteiger charge is 2.18. The first kappa shape index (κ1) is 7.07. The summed E-state index contributed by atoms with van der Waals surface area (Å²) in [4.78, 5) is 0. The lowest BCUT2D eigenvalue weighted by atomic mass is 9.86. The monoisotopic (exact) mass is 129 g/mol. The van der Waals surface area contributed by atoms with Crippen LogP contribution in [0.2, 0.25) is 0 Å². The van der Waals surface area contributed by atoms with Crippen LogP contribution in [0.15, 0.2) is 0 Å². The first-order valence-electron chi connectivity index (χ1n) is 4.02. The molecule has 1 aliphatic carbocycles. The Kier molecular flexibility index (Phi) is 2.52. The Morgan fingerprint density at radius 2 is 2.00 bits per heavy atom. The zero-order chi connectivity index (χ0) is 6.69. The summed E-state index contributed by atoms with van der Waals surface area (Å²) in [6, 6.07) is 0.804. The molecule has 0 saturated heterocycles. The molecule has 0 amide bonds. The van der Waals surface area contributed by atoms with Gasteiger partial charge in [-0.1, -0.05) is 19.8 Å². The van der Waals surface area contributed by atoms with Crippen molar-refractivity contribution in [1.29, 1.82) is 0 Å². The lowest BCUT2D eigenvalue weighted by Gasteiger charge is -2.27. The van der Waals surface area contributed by atoms with Gasteiger partial charge in [-0.05, 0) is 25.8 Å². The van der Waals surface area contributed by atoms with Gasteiger partial charge in [0.1, 0.15) is 0 Å². The fraction of sp³-hybridized carbons (Fsp3) is 1.00. The standard InChI is InChI=1S/C8H17N.H2/c1-7-5-3-4-6-8(7)9-2;/h7-9H,3-6H2,1-2H3;1H/t7?,8-;/m1./s1. The van der Waals surface area contributed by atoms with E-state index in [1.54, 1.807) is 0 Å². The van der Waals surface area contributed by atoms with Crippen molar-refractivity contribution in [2.24, 2.45) is 5.92 Å². The fourth-order valence-electron chi connectivity index (χ4n) is 1.75. The molecule has 0 spiro atoms. The minimum atomic E-state index is 0. The van der Waals surface area contributed by atoms with Crippen molar-refractivity contribution in [3.05, 3.63) is 0 Å². The van der Waals surface area contributed by atoms with E-state index in [1.165, 1.54) is 25.7 Å². The Bertz CT molecular complexity index is 85.3. The second-order valence-corrected chi connectivity index (χ2v) is 3.16. The number of hydrogen-bond donors (Lipinski definition) is 1. The molecule has 56 valence electrons. The molecule has 2 atom stereocenters. The third-order valence-electron chi connectivity index (χ3n) is 2.48. The molecule has 1 saturated carbocycles. The first-order chi connectivity index (χ1) is 4.34. The molecule has 1 heteroatoms. The highest BCUT2D eigenvalue weighted by atomic mass is 14.9. The average molecular weight is 129 g/mol. The van der Waals surface area contributed by atoms with E-state index in [0.29, 0.717) is 0 Å². The van der Waals surface area contributed by atoms with Gasteiger partial charge in [-0.3, -0.25) is 0 Å². The summed E-state index contributed by atoms with van der Waals surface area (Å²) >= 11 is 0. The molecule has 1 fully saturated rings. The van der Waals surface area contributed by atoms with Crippen LogP contribution in [0.5, 0.6) is 0 Å². The molecule has 0 aliphatic heterocycles. The van der Waals surface area contributed by atoms with E-state index in [2.05, 4.69) is 19.3 Å². The Labute approximate surface area is 59.3 Å². The van der Waals surface area contributed by atoms with Crippen LogP contribution in [0.1, 0.15) is 34.0 Å². The van der Waals surface area contributed by atoms with Gasteiger partial charge >= 0.3 is 0 Å². The van der Waals surface area contributed by atoms with Crippen LogP contribution in [-0.2, 0) is 0 Å². The highest BCUT2D eigenvalue weighted by Crippen LogP contribution is 2.22. The van der Waals surface area contributed by atoms with Gasteiger partial charge in [0.2, 0.25) is 0 Å². The van der Waals surface area contributed by atoms with E-state index in [9.17, 15) is 0 Å². The molecule has 0 heterocycles. The summed E-state index contributed by atoms with van der Waals surface area (Å²) in [7, 11) is 2.08. The van der Waals surface area contributed by atoms with Crippen LogP contribution in [0.4, 0.5) is 0 Å². The Balaban J connectivity index is 0.000000810. The molecule has 1 aliphatic rings. The quantitative estimate of drug-likeness (QED) is 0.571. The van der Waals surface area contributed by atoms with Gasteiger partial charge in [0, 0.05) is 7.47 Å². The third kappa shape index (κ3) is 1.68. The third-order valence-corrected chi connectivity index (χ3v) is 2.48. The summed E-state index contributed by atoms with van der Waals surface area (Å²) in [6.07, 6.45) is 5.68. The van der Waals surface area contributed by atoms with E-state index < -0.39 is 0 Å². The van der Waals surface area contributed by atoms with Crippen molar-refractivity contribution < 1.29 is 1.43 Å². The van der Waals surface area contributed by atoms with Gasteiger partial charge in [-0.25, -0.2) is 0 Å². The predicted octanol–water partition coefficient (Wildman–Crippen LogP) is 2.03. The predicted molar refractivity (Wildman–Crippen MR) is 42.6 cm³/mol. The molecule has 0 aromatic rings. The van der Waals surface area contributed by atoms with Crippen LogP contribution in [0.25, 0.3) is 0 Å². The number of rotatable bonds is 1. The molecule has 0 aromatic carbocycles. The molecule has 0 radical (unpaired) electrons. The van der Waals surface area contributed by atoms with Crippen LogP contribution in [0.3, 0.4) is 0 Å². The van der Waals surface area contributed by atoms with Gasteiger partial charge in [0.05, 0.1) is 0 Å². The van der Waals surface area contributed by atoms with Crippen molar-refractivity contribution in [3.63, 3.8) is 0 Å². The van der Waals surface area contributed by atoms with Crippen LogP contribution in [-0.4, -0.2) is 13.1 Å². The van der Waals surface area contributed by atoms with Crippen molar-refractivity contribution >= 4 is 0 Å². The second kappa shape index (κ2) is 3.21. The minimum absolute atomic E-state index is 0. The van der Waals surface area contributed by atoms with E-state index in [1.807, 2.05) is 0 Å². The molecular formula is C8H19N. The molecule has 1 rings (SSSR count).